The molecule has 10 nitrogen and oxygen atoms in total. The van der Waals surface area contributed by atoms with E-state index in [0.717, 1.165) is 5.56 Å². The lowest BCUT2D eigenvalue weighted by molar-refractivity contribution is -0.119. The van der Waals surface area contributed by atoms with Gasteiger partial charge in [-0.05, 0) is 54.2 Å². The predicted molar refractivity (Wildman–Crippen MR) is 127 cm³/mol. The van der Waals surface area contributed by atoms with E-state index in [0.29, 0.717) is 11.4 Å². The number of anilines is 2. The normalized spacial score (nSPS) is 10.7. The summed E-state index contributed by atoms with van der Waals surface area (Å²) in [5.41, 5.74) is 1.31. The van der Waals surface area contributed by atoms with Crippen LogP contribution in [0.5, 0.6) is 11.6 Å². The minimum absolute atomic E-state index is 0.0140. The van der Waals surface area contributed by atoms with E-state index < -0.39 is 10.0 Å². The Morgan fingerprint density at radius 3 is 2.33 bits per heavy atom. The lowest BCUT2D eigenvalue weighted by atomic mass is 10.1. The second-order valence-electron chi connectivity index (χ2n) is 6.60. The summed E-state index contributed by atoms with van der Waals surface area (Å²) in [6, 6.07) is 14.3. The second kappa shape index (κ2) is 10.7. The summed E-state index contributed by atoms with van der Waals surface area (Å²) in [5, 5.41) is 5.53. The molecule has 0 aliphatic carbocycles. The number of amides is 1. The lowest BCUT2D eigenvalue weighted by Gasteiger charge is -2.11. The Kier molecular flexibility index (Phi) is 7.74. The van der Waals surface area contributed by atoms with Crippen LogP contribution in [0.4, 0.5) is 11.5 Å². The number of thiocarbonyl (C=S) groups is 1. The number of aromatic nitrogens is 2. The van der Waals surface area contributed by atoms with Gasteiger partial charge in [-0.15, -0.1) is 0 Å². The molecule has 0 saturated carbocycles. The Hall–Kier alpha value is -3.77. The molecule has 0 aliphatic rings. The van der Waals surface area contributed by atoms with Crippen molar-refractivity contribution in [2.75, 3.05) is 24.3 Å². The minimum atomic E-state index is -3.88. The Balaban J connectivity index is 1.56. The molecule has 0 fully saturated rings. The van der Waals surface area contributed by atoms with Gasteiger partial charge in [-0.2, -0.15) is 0 Å². The van der Waals surface area contributed by atoms with E-state index >= 15 is 0 Å². The van der Waals surface area contributed by atoms with Crippen molar-refractivity contribution < 1.29 is 22.7 Å². The molecule has 1 amide bonds. The fraction of sp³-hybridized carbons (Fsp3) is 0.143. The molecule has 0 spiro atoms. The zero-order valence-corrected chi connectivity index (χ0v) is 19.4. The topological polar surface area (TPSA) is 132 Å². The molecule has 3 aromatic rings. The first-order valence-electron chi connectivity index (χ1n) is 9.52. The number of methoxy groups -OCH3 is 2. The van der Waals surface area contributed by atoms with Gasteiger partial charge < -0.3 is 20.1 Å². The van der Waals surface area contributed by atoms with Gasteiger partial charge in [0.25, 0.3) is 10.0 Å². The largest absolute Gasteiger partial charge is 0.497 e. The van der Waals surface area contributed by atoms with E-state index in [9.17, 15) is 13.2 Å². The van der Waals surface area contributed by atoms with Gasteiger partial charge in [0.05, 0.1) is 25.5 Å². The Labute approximate surface area is 196 Å². The molecule has 0 atom stereocenters. The van der Waals surface area contributed by atoms with Crippen LogP contribution >= 0.6 is 12.2 Å². The molecule has 0 radical (unpaired) electrons. The summed E-state index contributed by atoms with van der Waals surface area (Å²) in [7, 11) is -0.893. The molecule has 3 N–H and O–H groups in total. The van der Waals surface area contributed by atoms with Crippen molar-refractivity contribution in [1.29, 1.82) is 0 Å². The van der Waals surface area contributed by atoms with Crippen molar-refractivity contribution in [3.8, 4) is 11.6 Å². The Morgan fingerprint density at radius 1 is 1.00 bits per heavy atom. The van der Waals surface area contributed by atoms with Gasteiger partial charge in [-0.3, -0.25) is 9.52 Å². The van der Waals surface area contributed by atoms with E-state index in [4.69, 9.17) is 21.7 Å². The summed E-state index contributed by atoms with van der Waals surface area (Å²) in [4.78, 5) is 19.9. The molecule has 2 aromatic carbocycles. The third-order valence-corrected chi connectivity index (χ3v) is 5.86. The number of nitrogens with one attached hydrogen (secondary N) is 3. The highest BCUT2D eigenvalue weighted by Gasteiger charge is 2.16. The van der Waals surface area contributed by atoms with Crippen molar-refractivity contribution in [3.05, 3.63) is 66.5 Å². The van der Waals surface area contributed by atoms with Gasteiger partial charge in [0.2, 0.25) is 11.8 Å². The number of carbonyl (C=O) groups is 1. The van der Waals surface area contributed by atoms with Crippen LogP contribution in [0.1, 0.15) is 5.56 Å². The fourth-order valence-electron chi connectivity index (χ4n) is 2.68. The molecule has 0 unspecified atom stereocenters. The summed E-state index contributed by atoms with van der Waals surface area (Å²) in [6.45, 7) is 0. The predicted octanol–water partition coefficient (Wildman–Crippen LogP) is 2.35. The molecule has 0 bridgehead atoms. The fourth-order valence-corrected chi connectivity index (χ4v) is 3.91. The minimum Gasteiger partial charge on any atom is -0.497 e. The molecule has 33 heavy (non-hydrogen) atoms. The molecular formula is C21H21N5O5S2. The molecular weight excluding hydrogens is 466 g/mol. The van der Waals surface area contributed by atoms with Crippen molar-refractivity contribution in [2.24, 2.45) is 0 Å². The summed E-state index contributed by atoms with van der Waals surface area (Å²) >= 11 is 5.17. The van der Waals surface area contributed by atoms with Crippen LogP contribution in [-0.4, -0.2) is 43.6 Å². The van der Waals surface area contributed by atoms with E-state index in [-0.39, 0.29) is 34.0 Å². The molecule has 1 aromatic heterocycles. The SMILES string of the molecule is COc1ccc(CC(=O)NC(=S)Nc2ccc(S(=O)(=O)Nc3cc(OC)ncn3)cc2)cc1. The van der Waals surface area contributed by atoms with Gasteiger partial charge in [-0.25, -0.2) is 18.4 Å². The van der Waals surface area contributed by atoms with Crippen LogP contribution in [0, 0.1) is 0 Å². The first kappa shape index (κ1) is 23.9. The molecule has 0 aliphatic heterocycles. The number of benzene rings is 2. The van der Waals surface area contributed by atoms with Crippen molar-refractivity contribution in [1.82, 2.24) is 15.3 Å². The van der Waals surface area contributed by atoms with E-state index in [1.165, 1.54) is 43.8 Å². The quantitative estimate of drug-likeness (QED) is 0.410. The molecule has 12 heteroatoms. The maximum absolute atomic E-state index is 12.6. The highest BCUT2D eigenvalue weighted by molar-refractivity contribution is 7.92. The lowest BCUT2D eigenvalue weighted by Crippen LogP contribution is -2.35. The Morgan fingerprint density at radius 2 is 1.70 bits per heavy atom. The average Bonchev–Trinajstić information content (AvgIpc) is 2.79. The van der Waals surface area contributed by atoms with Crippen LogP contribution in [-0.2, 0) is 21.2 Å². The second-order valence-corrected chi connectivity index (χ2v) is 8.69. The van der Waals surface area contributed by atoms with Crippen LogP contribution in [0.15, 0.2) is 65.8 Å². The van der Waals surface area contributed by atoms with Crippen LogP contribution in [0.2, 0.25) is 0 Å². The zero-order valence-electron chi connectivity index (χ0n) is 17.7. The van der Waals surface area contributed by atoms with Crippen molar-refractivity contribution in [2.45, 2.75) is 11.3 Å². The van der Waals surface area contributed by atoms with Crippen molar-refractivity contribution in [3.63, 3.8) is 0 Å². The number of ether oxygens (including phenoxy) is 2. The van der Waals surface area contributed by atoms with Gasteiger partial charge in [-0.1, -0.05) is 12.1 Å². The molecule has 3 rings (SSSR count). The number of hydrogen-bond acceptors (Lipinski definition) is 8. The third-order valence-electron chi connectivity index (χ3n) is 4.29. The first-order chi connectivity index (χ1) is 15.8. The highest BCUT2D eigenvalue weighted by atomic mass is 32.2. The molecule has 0 saturated heterocycles. The summed E-state index contributed by atoms with van der Waals surface area (Å²) in [5.74, 6) is 0.713. The monoisotopic (exact) mass is 487 g/mol. The number of sulfonamides is 1. The van der Waals surface area contributed by atoms with E-state index in [1.807, 2.05) is 0 Å². The number of carbonyl (C=O) groups excluding carboxylic acids is 1. The summed E-state index contributed by atoms with van der Waals surface area (Å²) < 4.78 is 37.5. The first-order valence-corrected chi connectivity index (χ1v) is 11.4. The number of hydrogen-bond donors (Lipinski definition) is 3. The van der Waals surface area contributed by atoms with Crippen LogP contribution in [0.3, 0.4) is 0 Å². The van der Waals surface area contributed by atoms with Gasteiger partial charge in [0.1, 0.15) is 17.9 Å². The third kappa shape index (κ3) is 6.85. The maximum Gasteiger partial charge on any atom is 0.263 e. The van der Waals surface area contributed by atoms with Crippen LogP contribution < -0.4 is 24.8 Å². The van der Waals surface area contributed by atoms with Gasteiger partial charge >= 0.3 is 0 Å². The smallest absolute Gasteiger partial charge is 0.263 e. The zero-order chi connectivity index (χ0) is 23.8. The van der Waals surface area contributed by atoms with Crippen molar-refractivity contribution >= 4 is 44.8 Å². The average molecular weight is 488 g/mol. The number of nitrogens with zero attached hydrogens (tertiary/aromatic N) is 2. The Bertz CT molecular complexity index is 1230. The molecule has 1 heterocycles. The van der Waals surface area contributed by atoms with E-state index in [2.05, 4.69) is 25.3 Å². The van der Waals surface area contributed by atoms with Gasteiger partial charge in [0, 0.05) is 11.8 Å². The standard InChI is InChI=1S/C21H21N5O5S2/c1-30-16-7-3-14(4-8-16)11-19(27)25-21(32)24-15-5-9-17(10-6-15)33(28,29)26-18-12-20(31-2)23-13-22-18/h3-10,12-13H,11H2,1-2H3,(H,22,23,26)(H2,24,25,27,32). The summed E-state index contributed by atoms with van der Waals surface area (Å²) in [6.07, 6.45) is 1.33. The maximum atomic E-state index is 12.6. The van der Waals surface area contributed by atoms with E-state index in [1.54, 1.807) is 31.4 Å². The van der Waals surface area contributed by atoms with Crippen LogP contribution in [0.25, 0.3) is 0 Å². The highest BCUT2D eigenvalue weighted by Crippen LogP contribution is 2.19. The van der Waals surface area contributed by atoms with Gasteiger partial charge in [0.15, 0.2) is 5.11 Å². The number of rotatable bonds is 8. The molecule has 172 valence electrons.